The molecule has 1 aromatic rings. The molecule has 0 radical (unpaired) electrons. The fourth-order valence-corrected chi connectivity index (χ4v) is 7.19. The molecule has 3 heterocycles. The Labute approximate surface area is 184 Å². The fourth-order valence-electron chi connectivity index (χ4n) is 4.19. The smallest absolute Gasteiger partial charge is 0.282 e. The molecule has 3 fully saturated rings. The molecule has 4 rings (SSSR count). The second kappa shape index (κ2) is 8.75. The van der Waals surface area contributed by atoms with Crippen molar-refractivity contribution < 1.29 is 21.6 Å². The highest BCUT2D eigenvalue weighted by molar-refractivity contribution is 7.89. The molecule has 0 saturated carbocycles. The van der Waals surface area contributed by atoms with Crippen LogP contribution in [0.25, 0.3) is 0 Å². The minimum atomic E-state index is -3.73. The highest BCUT2D eigenvalue weighted by Gasteiger charge is 2.37. The van der Waals surface area contributed by atoms with Crippen LogP contribution in [-0.2, 0) is 25.0 Å². The van der Waals surface area contributed by atoms with Crippen LogP contribution < -0.4 is 4.90 Å². The van der Waals surface area contributed by atoms with Gasteiger partial charge in [0.25, 0.3) is 10.2 Å². The molecule has 0 N–H and O–H groups in total. The minimum absolute atomic E-state index is 0.0493. The van der Waals surface area contributed by atoms with Gasteiger partial charge in [0, 0.05) is 71.0 Å². The van der Waals surface area contributed by atoms with Gasteiger partial charge < -0.3 is 9.80 Å². The number of rotatable bonds is 5. The van der Waals surface area contributed by atoms with Crippen molar-refractivity contribution in [2.75, 3.05) is 70.9 Å². The first kappa shape index (κ1) is 22.6. The maximum absolute atomic E-state index is 13.0. The van der Waals surface area contributed by atoms with Crippen LogP contribution in [0.4, 0.5) is 5.69 Å². The van der Waals surface area contributed by atoms with Crippen molar-refractivity contribution in [1.29, 1.82) is 0 Å². The number of sulfonamides is 1. The molecule has 0 bridgehead atoms. The molecule has 0 aromatic heterocycles. The Hall–Kier alpha value is -1.57. The summed E-state index contributed by atoms with van der Waals surface area (Å²) in [6.07, 6.45) is 1.32. The van der Waals surface area contributed by atoms with Crippen LogP contribution in [0, 0.1) is 0 Å². The summed E-state index contributed by atoms with van der Waals surface area (Å²) in [4.78, 5) is 15.8. The molecule has 0 aliphatic carbocycles. The Bertz CT molecular complexity index is 1010. The summed E-state index contributed by atoms with van der Waals surface area (Å²) in [5.74, 6) is 0.0493. The molecule has 3 aliphatic rings. The number of carbonyl (C=O) groups is 1. The molecule has 12 heteroatoms. The van der Waals surface area contributed by atoms with Crippen molar-refractivity contribution in [2.45, 2.75) is 17.7 Å². The zero-order valence-corrected chi connectivity index (χ0v) is 19.3. The molecular formula is C19H29N5O5S2. The van der Waals surface area contributed by atoms with Crippen LogP contribution in [0.5, 0.6) is 0 Å². The Morgan fingerprint density at radius 3 is 1.74 bits per heavy atom. The lowest BCUT2D eigenvalue weighted by atomic mass is 10.3. The van der Waals surface area contributed by atoms with Gasteiger partial charge in [-0.25, -0.2) is 8.42 Å². The van der Waals surface area contributed by atoms with Crippen LogP contribution in [0.15, 0.2) is 29.2 Å². The summed E-state index contributed by atoms with van der Waals surface area (Å²) < 4.78 is 56.1. The van der Waals surface area contributed by atoms with Gasteiger partial charge in [0.1, 0.15) is 0 Å². The number of carbonyl (C=O) groups excluding carboxylic acids is 1. The van der Waals surface area contributed by atoms with Crippen molar-refractivity contribution in [3.05, 3.63) is 24.3 Å². The Morgan fingerprint density at radius 1 is 0.710 bits per heavy atom. The summed E-state index contributed by atoms with van der Waals surface area (Å²) in [5.41, 5.74) is 0.699. The highest BCUT2D eigenvalue weighted by atomic mass is 32.2. The topological polar surface area (TPSA) is 102 Å². The maximum atomic E-state index is 13.0. The lowest BCUT2D eigenvalue weighted by molar-refractivity contribution is -0.117. The molecule has 0 atom stereocenters. The van der Waals surface area contributed by atoms with Gasteiger partial charge in [-0.2, -0.15) is 21.3 Å². The van der Waals surface area contributed by atoms with E-state index in [0.717, 1.165) is 6.42 Å². The second-order valence-corrected chi connectivity index (χ2v) is 12.0. The van der Waals surface area contributed by atoms with Crippen LogP contribution in [-0.4, -0.2) is 107 Å². The average Bonchev–Trinajstić information content (AvgIpc) is 3.20. The van der Waals surface area contributed by atoms with E-state index in [4.69, 9.17) is 0 Å². The van der Waals surface area contributed by atoms with Gasteiger partial charge in [0.15, 0.2) is 0 Å². The normalized spacial score (nSPS) is 23.5. The first-order valence-electron chi connectivity index (χ1n) is 10.5. The highest BCUT2D eigenvalue weighted by Crippen LogP contribution is 2.25. The zero-order chi connectivity index (χ0) is 22.2. The van der Waals surface area contributed by atoms with E-state index in [1.807, 2.05) is 7.05 Å². The molecule has 10 nitrogen and oxygen atoms in total. The van der Waals surface area contributed by atoms with Gasteiger partial charge in [-0.15, -0.1) is 0 Å². The SMILES string of the molecule is CN1CCN(S(=O)(=O)N2CCN(S(=O)(=O)c3ccc(N4CCCC4=O)cc3)CC2)CC1. The Kier molecular flexibility index (Phi) is 6.39. The van der Waals surface area contributed by atoms with E-state index in [0.29, 0.717) is 44.8 Å². The average molecular weight is 472 g/mol. The minimum Gasteiger partial charge on any atom is -0.312 e. The third-order valence-electron chi connectivity index (χ3n) is 6.17. The third-order valence-corrected chi connectivity index (χ3v) is 10.1. The summed E-state index contributed by atoms with van der Waals surface area (Å²) >= 11 is 0. The number of likely N-dealkylation sites (N-methyl/N-ethyl adjacent to an activating group) is 1. The van der Waals surface area contributed by atoms with Crippen LogP contribution in [0.3, 0.4) is 0 Å². The predicted octanol–water partition coefficient (Wildman–Crippen LogP) is -0.388. The van der Waals surface area contributed by atoms with Crippen molar-refractivity contribution in [3.63, 3.8) is 0 Å². The number of hydrogen-bond acceptors (Lipinski definition) is 6. The molecule has 172 valence electrons. The van der Waals surface area contributed by atoms with E-state index in [1.165, 1.54) is 25.0 Å². The van der Waals surface area contributed by atoms with Gasteiger partial charge in [-0.1, -0.05) is 0 Å². The van der Waals surface area contributed by atoms with Crippen molar-refractivity contribution >= 4 is 31.8 Å². The van der Waals surface area contributed by atoms with Crippen molar-refractivity contribution in [1.82, 2.24) is 17.8 Å². The van der Waals surface area contributed by atoms with Crippen LogP contribution >= 0.6 is 0 Å². The molecular weight excluding hydrogens is 442 g/mol. The Balaban J connectivity index is 1.40. The third kappa shape index (κ3) is 4.50. The molecule has 0 unspecified atom stereocenters. The van der Waals surface area contributed by atoms with E-state index < -0.39 is 20.2 Å². The molecule has 3 saturated heterocycles. The monoisotopic (exact) mass is 471 g/mol. The summed E-state index contributed by atoms with van der Waals surface area (Å²) in [6.45, 7) is 3.41. The number of anilines is 1. The number of amides is 1. The van der Waals surface area contributed by atoms with E-state index >= 15 is 0 Å². The lowest BCUT2D eigenvalue weighted by Crippen LogP contribution is -2.57. The van der Waals surface area contributed by atoms with E-state index in [1.54, 1.807) is 17.0 Å². The lowest BCUT2D eigenvalue weighted by Gasteiger charge is -2.38. The first-order valence-corrected chi connectivity index (χ1v) is 13.4. The molecule has 3 aliphatic heterocycles. The van der Waals surface area contributed by atoms with Gasteiger partial charge in [0.2, 0.25) is 15.9 Å². The van der Waals surface area contributed by atoms with Gasteiger partial charge >= 0.3 is 0 Å². The number of piperazine rings is 2. The summed E-state index contributed by atoms with van der Waals surface area (Å²) in [6, 6.07) is 6.35. The molecule has 1 amide bonds. The number of benzene rings is 1. The summed E-state index contributed by atoms with van der Waals surface area (Å²) in [7, 11) is -5.35. The van der Waals surface area contributed by atoms with E-state index in [-0.39, 0.29) is 37.0 Å². The number of nitrogens with zero attached hydrogens (tertiary/aromatic N) is 5. The van der Waals surface area contributed by atoms with Gasteiger partial charge in [0.05, 0.1) is 4.90 Å². The van der Waals surface area contributed by atoms with Crippen molar-refractivity contribution in [2.24, 2.45) is 0 Å². The van der Waals surface area contributed by atoms with Crippen LogP contribution in [0.1, 0.15) is 12.8 Å². The van der Waals surface area contributed by atoms with Crippen LogP contribution in [0.2, 0.25) is 0 Å². The molecule has 1 aromatic carbocycles. The van der Waals surface area contributed by atoms with Gasteiger partial charge in [-0.3, -0.25) is 4.79 Å². The zero-order valence-electron chi connectivity index (χ0n) is 17.7. The first-order chi connectivity index (χ1) is 14.7. The molecule has 0 spiro atoms. The fraction of sp³-hybridized carbons (Fsp3) is 0.632. The maximum Gasteiger partial charge on any atom is 0.282 e. The van der Waals surface area contributed by atoms with E-state index in [2.05, 4.69) is 4.90 Å². The second-order valence-electron chi connectivity index (χ2n) is 8.16. The van der Waals surface area contributed by atoms with Crippen molar-refractivity contribution in [3.8, 4) is 0 Å². The Morgan fingerprint density at radius 2 is 1.23 bits per heavy atom. The summed E-state index contributed by atoms with van der Waals surface area (Å²) in [5, 5.41) is 0. The number of hydrogen-bond donors (Lipinski definition) is 0. The quantitative estimate of drug-likeness (QED) is 0.580. The van der Waals surface area contributed by atoms with Gasteiger partial charge in [-0.05, 0) is 37.7 Å². The van der Waals surface area contributed by atoms with E-state index in [9.17, 15) is 21.6 Å². The standard InChI is InChI=1S/C19H29N5O5S2/c1-20-9-11-22(12-10-20)31(28,29)23-15-13-21(14-16-23)30(26,27)18-6-4-17(5-7-18)24-8-2-3-19(24)25/h4-7H,2-3,8-16H2,1H3. The largest absolute Gasteiger partial charge is 0.312 e. The molecule has 31 heavy (non-hydrogen) atoms. The predicted molar refractivity (Wildman–Crippen MR) is 116 cm³/mol.